The van der Waals surface area contributed by atoms with E-state index in [1.165, 1.54) is 23.1 Å². The molecule has 9 heteroatoms. The van der Waals surface area contributed by atoms with Crippen molar-refractivity contribution in [3.05, 3.63) is 29.0 Å². The number of anilines is 1. The van der Waals surface area contributed by atoms with Crippen LogP contribution in [0.25, 0.3) is 0 Å². The normalized spacial score (nSPS) is 19.6. The fraction of sp³-hybridized carbons (Fsp3) is 0.680. The van der Waals surface area contributed by atoms with E-state index in [9.17, 15) is 19.1 Å². The summed E-state index contributed by atoms with van der Waals surface area (Å²) in [5.74, 6) is -1.11. The van der Waals surface area contributed by atoms with Crippen molar-refractivity contribution in [2.24, 2.45) is 17.1 Å². The van der Waals surface area contributed by atoms with E-state index < -0.39 is 23.5 Å². The van der Waals surface area contributed by atoms with Gasteiger partial charge >= 0.3 is 0 Å². The maximum atomic E-state index is 13.8. The third-order valence-corrected chi connectivity index (χ3v) is 6.65. The number of benzene rings is 1. The van der Waals surface area contributed by atoms with Crippen LogP contribution in [-0.4, -0.2) is 65.7 Å². The average Bonchev–Trinajstić information content (AvgIpc) is 2.73. The summed E-state index contributed by atoms with van der Waals surface area (Å²) < 4.78 is 13.8. The number of carbonyl (C=O) groups is 2. The Balaban J connectivity index is 2.02. The first kappa shape index (κ1) is 28.5. The van der Waals surface area contributed by atoms with Crippen LogP contribution in [0.2, 0.25) is 5.02 Å². The summed E-state index contributed by atoms with van der Waals surface area (Å²) >= 11 is 6.23. The van der Waals surface area contributed by atoms with Crippen LogP contribution in [0.5, 0.6) is 0 Å². The predicted octanol–water partition coefficient (Wildman–Crippen LogP) is 3.17. The minimum absolute atomic E-state index is 0.0288. The lowest BCUT2D eigenvalue weighted by molar-refractivity contribution is -0.126. The molecule has 192 valence electrons. The van der Waals surface area contributed by atoms with E-state index >= 15 is 0 Å². The van der Waals surface area contributed by atoms with Gasteiger partial charge in [-0.3, -0.25) is 14.5 Å². The Morgan fingerprint density at radius 2 is 2.00 bits per heavy atom. The van der Waals surface area contributed by atoms with E-state index in [-0.39, 0.29) is 42.7 Å². The van der Waals surface area contributed by atoms with Crippen molar-refractivity contribution >= 4 is 29.1 Å². The van der Waals surface area contributed by atoms with E-state index in [1.54, 1.807) is 0 Å². The molecule has 0 saturated carbocycles. The van der Waals surface area contributed by atoms with Crippen LogP contribution in [0.3, 0.4) is 0 Å². The van der Waals surface area contributed by atoms with Crippen LogP contribution in [0, 0.1) is 17.2 Å². The highest BCUT2D eigenvalue weighted by molar-refractivity contribution is 6.33. The first-order valence-corrected chi connectivity index (χ1v) is 12.2. The summed E-state index contributed by atoms with van der Waals surface area (Å²) in [6.45, 7) is 13.2. The molecule has 0 unspecified atom stereocenters. The number of rotatable bonds is 9. The summed E-state index contributed by atoms with van der Waals surface area (Å²) in [5, 5.41) is 14.0. The Morgan fingerprint density at radius 3 is 2.59 bits per heavy atom. The highest BCUT2D eigenvalue weighted by Crippen LogP contribution is 2.32. The molecular formula is C25H40ClFN4O3. The van der Waals surface area contributed by atoms with E-state index in [0.717, 1.165) is 0 Å². The lowest BCUT2D eigenvalue weighted by atomic mass is 9.91. The third-order valence-electron chi connectivity index (χ3n) is 6.34. The molecule has 0 aromatic heterocycles. The molecule has 2 rings (SSSR count). The van der Waals surface area contributed by atoms with Crippen molar-refractivity contribution in [3.63, 3.8) is 0 Å². The van der Waals surface area contributed by atoms with Gasteiger partial charge in [0.05, 0.1) is 23.4 Å². The van der Waals surface area contributed by atoms with Crippen molar-refractivity contribution < 1.29 is 19.1 Å². The number of hydrogen-bond donors (Lipinski definition) is 3. The van der Waals surface area contributed by atoms with Gasteiger partial charge in [-0.05, 0) is 50.3 Å². The van der Waals surface area contributed by atoms with Gasteiger partial charge in [0, 0.05) is 37.1 Å². The predicted molar refractivity (Wildman–Crippen MR) is 134 cm³/mol. The molecule has 1 heterocycles. The van der Waals surface area contributed by atoms with Gasteiger partial charge in [0.1, 0.15) is 5.82 Å². The van der Waals surface area contributed by atoms with Gasteiger partial charge in [0.25, 0.3) is 0 Å². The van der Waals surface area contributed by atoms with Gasteiger partial charge in [-0.25, -0.2) is 4.39 Å². The second kappa shape index (κ2) is 11.3. The molecule has 0 spiro atoms. The van der Waals surface area contributed by atoms with Crippen LogP contribution >= 0.6 is 11.6 Å². The van der Waals surface area contributed by atoms with Crippen LogP contribution in [-0.2, 0) is 9.59 Å². The summed E-state index contributed by atoms with van der Waals surface area (Å²) in [4.78, 5) is 28.9. The van der Waals surface area contributed by atoms with Crippen LogP contribution < -0.4 is 16.0 Å². The lowest BCUT2D eigenvalue weighted by Crippen LogP contribution is -2.64. The number of aliphatic hydroxyl groups is 1. The number of piperazine rings is 1. The number of hydrogen-bond acceptors (Lipinski definition) is 5. The van der Waals surface area contributed by atoms with E-state index in [1.807, 2.05) is 46.4 Å². The minimum Gasteiger partial charge on any atom is -0.391 e. The fourth-order valence-corrected chi connectivity index (χ4v) is 4.28. The lowest BCUT2D eigenvalue weighted by Gasteiger charge is -2.47. The first-order valence-electron chi connectivity index (χ1n) is 11.9. The number of nitrogens with zero attached hydrogens (tertiary/aromatic N) is 2. The summed E-state index contributed by atoms with van der Waals surface area (Å²) in [5.41, 5.74) is 6.16. The van der Waals surface area contributed by atoms with E-state index in [0.29, 0.717) is 30.2 Å². The van der Waals surface area contributed by atoms with E-state index in [4.69, 9.17) is 17.3 Å². The topological polar surface area (TPSA) is 98.9 Å². The zero-order valence-electron chi connectivity index (χ0n) is 21.2. The molecule has 2 amide bonds. The molecule has 1 aromatic carbocycles. The molecule has 0 aliphatic carbocycles. The number of halogens is 2. The molecule has 0 radical (unpaired) electrons. The Labute approximate surface area is 207 Å². The molecule has 4 N–H and O–H groups in total. The largest absolute Gasteiger partial charge is 0.391 e. The van der Waals surface area contributed by atoms with Crippen LogP contribution in [0.4, 0.5) is 10.1 Å². The van der Waals surface area contributed by atoms with Crippen LogP contribution in [0.15, 0.2) is 18.2 Å². The Hall–Kier alpha value is -1.74. The standard InChI is InChI=1S/C25H40ClFN4O3/c1-7-16(23(34)29-14-24(2,3)4)10-21(32)19(28)12-30-13-22(33)31(15-25(30,5)6)20-11-17(27)8-9-18(20)26/h8-9,11,16,19,21,32H,7,10,12-15,28H2,1-6H3,(H,29,34)/t16-,19+,21+/m1/s1. The van der Waals surface area contributed by atoms with Gasteiger partial charge in [0.15, 0.2) is 0 Å². The monoisotopic (exact) mass is 498 g/mol. The number of nitrogens with one attached hydrogen (secondary N) is 1. The maximum Gasteiger partial charge on any atom is 0.241 e. The zero-order valence-corrected chi connectivity index (χ0v) is 22.0. The molecule has 7 nitrogen and oxygen atoms in total. The van der Waals surface area contributed by atoms with Crippen LogP contribution in [0.1, 0.15) is 54.4 Å². The van der Waals surface area contributed by atoms with E-state index in [2.05, 4.69) is 5.32 Å². The summed E-state index contributed by atoms with van der Waals surface area (Å²) in [7, 11) is 0. The van der Waals surface area contributed by atoms with Gasteiger partial charge in [0.2, 0.25) is 11.8 Å². The van der Waals surface area contributed by atoms with Crippen molar-refractivity contribution in [3.8, 4) is 0 Å². The number of nitrogens with two attached hydrogens (primary N) is 1. The van der Waals surface area contributed by atoms with Gasteiger partial charge in [-0.1, -0.05) is 39.3 Å². The molecule has 34 heavy (non-hydrogen) atoms. The van der Waals surface area contributed by atoms with Gasteiger partial charge in [-0.2, -0.15) is 0 Å². The highest BCUT2D eigenvalue weighted by Gasteiger charge is 2.40. The molecule has 1 fully saturated rings. The second-order valence-corrected chi connectivity index (χ2v) is 11.5. The molecule has 1 aliphatic heterocycles. The molecule has 0 bridgehead atoms. The average molecular weight is 499 g/mol. The molecule has 1 aromatic rings. The van der Waals surface area contributed by atoms with Crippen molar-refractivity contribution in [1.29, 1.82) is 0 Å². The smallest absolute Gasteiger partial charge is 0.241 e. The van der Waals surface area contributed by atoms with Crippen molar-refractivity contribution in [1.82, 2.24) is 10.2 Å². The van der Waals surface area contributed by atoms with Crippen molar-refractivity contribution in [2.45, 2.75) is 72.1 Å². The summed E-state index contributed by atoms with van der Waals surface area (Å²) in [6.07, 6.45) is -0.0514. The fourth-order valence-electron chi connectivity index (χ4n) is 4.06. The van der Waals surface area contributed by atoms with Gasteiger partial charge < -0.3 is 21.1 Å². The summed E-state index contributed by atoms with van der Waals surface area (Å²) in [6, 6.07) is 3.32. The molecular weight excluding hydrogens is 459 g/mol. The minimum atomic E-state index is -0.896. The highest BCUT2D eigenvalue weighted by atomic mass is 35.5. The molecule has 1 saturated heterocycles. The van der Waals surface area contributed by atoms with Crippen molar-refractivity contribution in [2.75, 3.05) is 31.1 Å². The first-order chi connectivity index (χ1) is 15.6. The third kappa shape index (κ3) is 7.63. The number of amides is 2. The molecule has 3 atom stereocenters. The number of aliphatic hydroxyl groups excluding tert-OH is 1. The number of carbonyl (C=O) groups excluding carboxylic acids is 2. The second-order valence-electron chi connectivity index (χ2n) is 11.1. The Bertz CT molecular complexity index is 874. The van der Waals surface area contributed by atoms with Gasteiger partial charge in [-0.15, -0.1) is 0 Å². The quantitative estimate of drug-likeness (QED) is 0.485. The Morgan fingerprint density at radius 1 is 1.35 bits per heavy atom. The molecule has 1 aliphatic rings. The zero-order chi connectivity index (χ0) is 25.8. The Kier molecular flexibility index (Phi) is 9.50. The maximum absolute atomic E-state index is 13.8. The SMILES string of the molecule is CC[C@H](C[C@H](O)[C@@H](N)CN1CC(=O)N(c2cc(F)ccc2Cl)CC1(C)C)C(=O)NCC(C)(C)C.